The fourth-order valence-corrected chi connectivity index (χ4v) is 2.11. The molecule has 1 rings (SSSR count). The van der Waals surface area contributed by atoms with Gasteiger partial charge in [0.2, 0.25) is 0 Å². The van der Waals surface area contributed by atoms with E-state index < -0.39 is 18.1 Å². The summed E-state index contributed by atoms with van der Waals surface area (Å²) in [7, 11) is 1.33. The van der Waals surface area contributed by atoms with Crippen LogP contribution in [0.2, 0.25) is 0 Å². The van der Waals surface area contributed by atoms with Crippen molar-refractivity contribution in [1.29, 1.82) is 0 Å². The van der Waals surface area contributed by atoms with Crippen LogP contribution in [0.5, 0.6) is 0 Å². The summed E-state index contributed by atoms with van der Waals surface area (Å²) in [5, 5.41) is 2.74. The second-order valence-corrected chi connectivity index (χ2v) is 5.60. The number of amides is 1. The van der Waals surface area contributed by atoms with Gasteiger partial charge in [0.25, 0.3) is 5.91 Å². The number of carbonyl (C=O) groups excluding carboxylic acids is 2. The van der Waals surface area contributed by atoms with Crippen LogP contribution < -0.4 is 11.1 Å². The molecule has 0 unspecified atom stereocenters. The van der Waals surface area contributed by atoms with Crippen LogP contribution in [0.15, 0.2) is 30.3 Å². The second-order valence-electron chi connectivity index (χ2n) is 5.60. The summed E-state index contributed by atoms with van der Waals surface area (Å²) in [6.07, 6.45) is 1.10. The van der Waals surface area contributed by atoms with Crippen molar-refractivity contribution >= 4 is 11.9 Å². The molecule has 0 saturated carbocycles. The van der Waals surface area contributed by atoms with Crippen molar-refractivity contribution < 1.29 is 20.1 Å². The topological polar surface area (TPSA) is 83.0 Å². The smallest absolute Gasteiger partial charge is 0.328 e. The summed E-state index contributed by atoms with van der Waals surface area (Å²) in [5.41, 5.74) is 4.93. The van der Waals surface area contributed by atoms with E-state index in [4.69, 9.17) is 4.74 Å². The van der Waals surface area contributed by atoms with Crippen LogP contribution in [0.25, 0.3) is 0 Å². The fourth-order valence-electron chi connectivity index (χ4n) is 2.11. The minimum atomic E-state index is -0.609. The third-order valence-electron chi connectivity index (χ3n) is 3.21. The summed E-state index contributed by atoms with van der Waals surface area (Å²) in [6.45, 7) is 3.99. The summed E-state index contributed by atoms with van der Waals surface area (Å²) in [6, 6.07) is 8.65. The molecule has 0 fully saturated rings. The normalized spacial score (nSPS) is 13.6. The Morgan fingerprint density at radius 1 is 1.24 bits per heavy atom. The van der Waals surface area contributed by atoms with Gasteiger partial charge in [0.05, 0.1) is 7.11 Å². The van der Waals surface area contributed by atoms with Gasteiger partial charge in [-0.1, -0.05) is 44.2 Å². The lowest BCUT2D eigenvalue weighted by Gasteiger charge is -2.19. The number of hydrogen-bond donors (Lipinski definition) is 2. The van der Waals surface area contributed by atoms with E-state index >= 15 is 0 Å². The molecule has 0 radical (unpaired) electrons. The van der Waals surface area contributed by atoms with Crippen LogP contribution in [-0.2, 0) is 20.7 Å². The fraction of sp³-hybridized carbons (Fsp3) is 0.500. The van der Waals surface area contributed by atoms with Gasteiger partial charge in [-0.3, -0.25) is 4.79 Å². The average Bonchev–Trinajstić information content (AvgIpc) is 2.46. The molecule has 0 spiro atoms. The number of rotatable bonds is 7. The van der Waals surface area contributed by atoms with Gasteiger partial charge < -0.3 is 15.8 Å². The minimum absolute atomic E-state index is 0.227. The predicted molar refractivity (Wildman–Crippen MR) is 80.2 cm³/mol. The Labute approximate surface area is 125 Å². The number of ether oxygens (including phenoxy) is 1. The number of methoxy groups -OCH3 is 1. The third-order valence-corrected chi connectivity index (χ3v) is 3.21. The zero-order chi connectivity index (χ0) is 15.8. The largest absolute Gasteiger partial charge is 0.467 e. The van der Waals surface area contributed by atoms with Crippen molar-refractivity contribution in [2.75, 3.05) is 7.11 Å². The molecule has 0 aliphatic carbocycles. The zero-order valence-electron chi connectivity index (χ0n) is 13.0. The van der Waals surface area contributed by atoms with Crippen molar-refractivity contribution in [3.8, 4) is 0 Å². The molecule has 1 aromatic rings. The first-order chi connectivity index (χ1) is 9.93. The molecule has 5 nitrogen and oxygen atoms in total. The number of nitrogens with one attached hydrogen (secondary N) is 1. The highest BCUT2D eigenvalue weighted by molar-refractivity contribution is 5.86. The van der Waals surface area contributed by atoms with Gasteiger partial charge in [-0.25, -0.2) is 4.79 Å². The Morgan fingerprint density at radius 2 is 1.86 bits per heavy atom. The maximum absolute atomic E-state index is 12.2. The van der Waals surface area contributed by atoms with Crippen LogP contribution in [0, 0.1) is 5.92 Å². The number of quaternary nitrogens is 1. The number of esters is 1. The summed E-state index contributed by atoms with van der Waals surface area (Å²) >= 11 is 0. The summed E-state index contributed by atoms with van der Waals surface area (Å²) < 4.78 is 4.74. The summed E-state index contributed by atoms with van der Waals surface area (Å²) in [5.74, 6) is -0.356. The standard InChI is InChI=1S/C16H24N2O3/c1-11(2)9-14(16(20)21-3)18-15(19)13(17)10-12-7-5-4-6-8-12/h4-8,11,13-14H,9-10,17H2,1-3H3,(H,18,19)/p+1/t13-,14+/m1/s1. The Balaban J connectivity index is 2.61. The quantitative estimate of drug-likeness (QED) is 0.720. The van der Waals surface area contributed by atoms with Gasteiger partial charge in [0.15, 0.2) is 6.04 Å². The van der Waals surface area contributed by atoms with Crippen molar-refractivity contribution in [3.63, 3.8) is 0 Å². The second kappa shape index (κ2) is 8.42. The molecule has 5 heteroatoms. The van der Waals surface area contributed by atoms with E-state index in [2.05, 4.69) is 11.1 Å². The maximum Gasteiger partial charge on any atom is 0.328 e. The Bertz CT molecular complexity index is 460. The molecule has 1 aromatic carbocycles. The molecule has 0 aromatic heterocycles. The highest BCUT2D eigenvalue weighted by atomic mass is 16.5. The molecule has 0 heterocycles. The van der Waals surface area contributed by atoms with E-state index in [0.29, 0.717) is 12.8 Å². The molecule has 0 bridgehead atoms. The zero-order valence-corrected chi connectivity index (χ0v) is 13.0. The first-order valence-electron chi connectivity index (χ1n) is 7.19. The van der Waals surface area contributed by atoms with Crippen LogP contribution in [0.3, 0.4) is 0 Å². The Morgan fingerprint density at radius 3 is 2.38 bits per heavy atom. The lowest BCUT2D eigenvalue weighted by molar-refractivity contribution is -0.403. The van der Waals surface area contributed by atoms with E-state index in [0.717, 1.165) is 5.56 Å². The van der Waals surface area contributed by atoms with Crippen molar-refractivity contribution in [2.45, 2.75) is 38.8 Å². The lowest BCUT2D eigenvalue weighted by Crippen LogP contribution is -2.69. The molecule has 1 amide bonds. The molecule has 116 valence electrons. The van der Waals surface area contributed by atoms with Crippen LogP contribution >= 0.6 is 0 Å². The molecule has 0 aliphatic rings. The molecule has 0 saturated heterocycles. The molecule has 21 heavy (non-hydrogen) atoms. The van der Waals surface area contributed by atoms with Crippen molar-refractivity contribution in [1.82, 2.24) is 5.32 Å². The van der Waals surface area contributed by atoms with Crippen LogP contribution in [0.4, 0.5) is 0 Å². The van der Waals surface area contributed by atoms with Gasteiger partial charge in [-0.2, -0.15) is 0 Å². The van der Waals surface area contributed by atoms with Gasteiger partial charge in [0, 0.05) is 6.42 Å². The van der Waals surface area contributed by atoms with Crippen LogP contribution in [-0.4, -0.2) is 31.1 Å². The van der Waals surface area contributed by atoms with E-state index in [1.165, 1.54) is 7.11 Å². The third kappa shape index (κ3) is 5.95. The van der Waals surface area contributed by atoms with Gasteiger partial charge in [-0.15, -0.1) is 0 Å². The Kier molecular flexibility index (Phi) is 6.88. The van der Waals surface area contributed by atoms with E-state index in [-0.39, 0.29) is 11.8 Å². The highest BCUT2D eigenvalue weighted by Gasteiger charge is 2.26. The number of hydrogen-bond acceptors (Lipinski definition) is 3. The monoisotopic (exact) mass is 293 g/mol. The SMILES string of the molecule is COC(=O)[C@H](CC(C)C)NC(=O)[C@H]([NH3+])Cc1ccccc1. The number of benzene rings is 1. The molecule has 4 N–H and O–H groups in total. The van der Waals surface area contributed by atoms with Crippen molar-refractivity contribution in [3.05, 3.63) is 35.9 Å². The maximum atomic E-state index is 12.2. The Hall–Kier alpha value is -1.88. The van der Waals surface area contributed by atoms with Gasteiger partial charge in [-0.05, 0) is 17.9 Å². The first kappa shape index (κ1) is 17.2. The van der Waals surface area contributed by atoms with Crippen molar-refractivity contribution in [2.24, 2.45) is 5.92 Å². The van der Waals surface area contributed by atoms with Gasteiger partial charge >= 0.3 is 5.97 Å². The molecule has 0 aliphatic heterocycles. The predicted octanol–water partition coefficient (Wildman–Crippen LogP) is 0.544. The average molecular weight is 293 g/mol. The lowest BCUT2D eigenvalue weighted by atomic mass is 10.0. The molecular weight excluding hydrogens is 268 g/mol. The van der Waals surface area contributed by atoms with Gasteiger partial charge in [0.1, 0.15) is 6.04 Å². The number of carbonyl (C=O) groups is 2. The molecule has 2 atom stereocenters. The van der Waals surface area contributed by atoms with E-state index in [9.17, 15) is 9.59 Å². The molecular formula is C16H25N2O3+. The van der Waals surface area contributed by atoms with Crippen LogP contribution in [0.1, 0.15) is 25.8 Å². The minimum Gasteiger partial charge on any atom is -0.467 e. The highest BCUT2D eigenvalue weighted by Crippen LogP contribution is 2.07. The summed E-state index contributed by atoms with van der Waals surface area (Å²) in [4.78, 5) is 23.9. The first-order valence-corrected chi connectivity index (χ1v) is 7.19. The van der Waals surface area contributed by atoms with E-state index in [1.807, 2.05) is 44.2 Å². The van der Waals surface area contributed by atoms with E-state index in [1.54, 1.807) is 0 Å².